The second-order valence-electron chi connectivity index (χ2n) is 1.68. The smallest absolute Gasteiger partial charge is 0.116 e. The van der Waals surface area contributed by atoms with Crippen LogP contribution in [0.15, 0.2) is 35.1 Å². The van der Waals surface area contributed by atoms with Crippen molar-refractivity contribution in [2.75, 3.05) is 0 Å². The van der Waals surface area contributed by atoms with Gasteiger partial charge in [0, 0.05) is 4.48 Å². The van der Waals surface area contributed by atoms with Crippen LogP contribution in [-0.2, 0) is 0 Å². The third kappa shape index (κ3) is 4.15. The lowest BCUT2D eigenvalue weighted by molar-refractivity contribution is 0.670. The van der Waals surface area contributed by atoms with E-state index in [0.717, 1.165) is 5.57 Å². The quantitative estimate of drug-likeness (QED) is 0.587. The Morgan fingerprint density at radius 2 is 2.00 bits per heavy atom. The van der Waals surface area contributed by atoms with E-state index in [9.17, 15) is 4.39 Å². The Bertz CT molecular complexity index is 168. The van der Waals surface area contributed by atoms with Gasteiger partial charge in [0.15, 0.2) is 0 Å². The summed E-state index contributed by atoms with van der Waals surface area (Å²) in [5.74, 6) is -0.451. The van der Waals surface area contributed by atoms with Crippen molar-refractivity contribution in [2.45, 2.75) is 6.92 Å². The zero-order valence-corrected chi connectivity index (χ0v) is 6.83. The Hall–Kier alpha value is -0.370. The molecule has 0 aromatic rings. The molecule has 0 bridgehead atoms. The molecule has 0 spiro atoms. The fourth-order valence-electron chi connectivity index (χ4n) is 0.313. The van der Waals surface area contributed by atoms with E-state index in [1.54, 1.807) is 6.92 Å². The normalized spacial score (nSPS) is 11.2. The van der Waals surface area contributed by atoms with Crippen molar-refractivity contribution in [1.29, 1.82) is 0 Å². The van der Waals surface area contributed by atoms with E-state index in [2.05, 4.69) is 29.1 Å². The molecule has 0 aromatic carbocycles. The van der Waals surface area contributed by atoms with Gasteiger partial charge in [-0.05, 0) is 18.6 Å². The molecule has 0 unspecified atom stereocenters. The van der Waals surface area contributed by atoms with Crippen molar-refractivity contribution < 1.29 is 4.39 Å². The molecule has 2 heteroatoms. The topological polar surface area (TPSA) is 0 Å². The van der Waals surface area contributed by atoms with Crippen molar-refractivity contribution >= 4 is 15.9 Å². The van der Waals surface area contributed by atoms with Crippen LogP contribution in [0.25, 0.3) is 0 Å². The molecular formula is C7H8BrF. The molecule has 0 aliphatic heterocycles. The lowest BCUT2D eigenvalue weighted by Gasteiger charge is -1.92. The molecule has 0 fully saturated rings. The largest absolute Gasteiger partial charge is 0.208 e. The molecule has 0 aromatic heterocycles. The van der Waals surface area contributed by atoms with Crippen LogP contribution < -0.4 is 0 Å². The maximum absolute atomic E-state index is 12.0. The summed E-state index contributed by atoms with van der Waals surface area (Å²) in [6, 6.07) is 0. The van der Waals surface area contributed by atoms with Gasteiger partial charge in [-0.1, -0.05) is 29.1 Å². The zero-order chi connectivity index (χ0) is 7.44. The third-order valence-corrected chi connectivity index (χ3v) is 1.43. The van der Waals surface area contributed by atoms with Crippen LogP contribution in [0.5, 0.6) is 0 Å². The fraction of sp³-hybridized carbons (Fsp3) is 0.143. The van der Waals surface area contributed by atoms with Crippen molar-refractivity contribution in [3.63, 3.8) is 0 Å². The molecule has 0 saturated carbocycles. The minimum atomic E-state index is -0.451. The Labute approximate surface area is 62.9 Å². The summed E-state index contributed by atoms with van der Waals surface area (Å²) >= 11 is 3.10. The maximum Gasteiger partial charge on any atom is 0.116 e. The Morgan fingerprint density at radius 1 is 1.56 bits per heavy atom. The van der Waals surface area contributed by atoms with Crippen LogP contribution in [0.1, 0.15) is 6.92 Å². The average molecular weight is 191 g/mol. The lowest BCUT2D eigenvalue weighted by atomic mass is 10.3. The van der Waals surface area contributed by atoms with Crippen LogP contribution in [-0.4, -0.2) is 0 Å². The molecule has 0 atom stereocenters. The van der Waals surface area contributed by atoms with E-state index in [0.29, 0.717) is 4.48 Å². The lowest BCUT2D eigenvalue weighted by Crippen LogP contribution is -1.71. The van der Waals surface area contributed by atoms with Crippen LogP contribution in [0.3, 0.4) is 0 Å². The van der Waals surface area contributed by atoms with E-state index >= 15 is 0 Å². The summed E-state index contributed by atoms with van der Waals surface area (Å²) in [6.07, 6.45) is 1.32. The first-order valence-electron chi connectivity index (χ1n) is 2.41. The van der Waals surface area contributed by atoms with Gasteiger partial charge < -0.3 is 0 Å². The minimum absolute atomic E-state index is 0.451. The standard InChI is InChI=1S/C7H8BrF/c1-5(7(3)8)4-6(2)9/h4H,2-3H2,1H3/b5-4-. The molecule has 0 heterocycles. The van der Waals surface area contributed by atoms with Gasteiger partial charge in [0.05, 0.1) is 0 Å². The third-order valence-electron chi connectivity index (χ3n) is 0.801. The molecule has 0 rings (SSSR count). The van der Waals surface area contributed by atoms with E-state index in [-0.39, 0.29) is 0 Å². The van der Waals surface area contributed by atoms with Crippen LogP contribution in [0.2, 0.25) is 0 Å². The Morgan fingerprint density at radius 3 is 2.11 bits per heavy atom. The van der Waals surface area contributed by atoms with Gasteiger partial charge in [-0.25, -0.2) is 4.39 Å². The molecule has 0 N–H and O–H groups in total. The van der Waals surface area contributed by atoms with E-state index < -0.39 is 5.83 Å². The number of rotatable bonds is 2. The van der Waals surface area contributed by atoms with Gasteiger partial charge in [0.2, 0.25) is 0 Å². The molecule has 0 radical (unpaired) electrons. The summed E-state index contributed by atoms with van der Waals surface area (Å²) < 4.78 is 12.7. The summed E-state index contributed by atoms with van der Waals surface area (Å²) in [4.78, 5) is 0. The highest BCUT2D eigenvalue weighted by molar-refractivity contribution is 9.11. The second kappa shape index (κ2) is 3.62. The van der Waals surface area contributed by atoms with Gasteiger partial charge >= 0.3 is 0 Å². The fourth-order valence-corrected chi connectivity index (χ4v) is 0.428. The van der Waals surface area contributed by atoms with Gasteiger partial charge in [-0.15, -0.1) is 0 Å². The SMILES string of the molecule is C=C(F)/C=C(/C)C(=C)Br. The van der Waals surface area contributed by atoms with Crippen LogP contribution in [0, 0.1) is 0 Å². The number of halogens is 2. The van der Waals surface area contributed by atoms with Gasteiger partial charge in [-0.2, -0.15) is 0 Å². The second-order valence-corrected chi connectivity index (χ2v) is 2.64. The zero-order valence-electron chi connectivity index (χ0n) is 5.25. The minimum Gasteiger partial charge on any atom is -0.208 e. The highest BCUT2D eigenvalue weighted by atomic mass is 79.9. The molecule has 0 aliphatic carbocycles. The molecule has 0 amide bonds. The van der Waals surface area contributed by atoms with Crippen molar-refractivity contribution in [3.05, 3.63) is 35.1 Å². The van der Waals surface area contributed by atoms with Gasteiger partial charge in [-0.3, -0.25) is 0 Å². The van der Waals surface area contributed by atoms with Crippen molar-refractivity contribution in [1.82, 2.24) is 0 Å². The first kappa shape index (κ1) is 8.63. The molecular weight excluding hydrogens is 183 g/mol. The highest BCUT2D eigenvalue weighted by Crippen LogP contribution is 2.15. The van der Waals surface area contributed by atoms with Gasteiger partial charge in [0.25, 0.3) is 0 Å². The van der Waals surface area contributed by atoms with Crippen LogP contribution in [0.4, 0.5) is 4.39 Å². The first-order chi connectivity index (χ1) is 4.04. The predicted octanol–water partition coefficient (Wildman–Crippen LogP) is 3.32. The summed E-state index contributed by atoms with van der Waals surface area (Å²) in [5.41, 5.74) is 0.752. The Kier molecular flexibility index (Phi) is 3.47. The van der Waals surface area contributed by atoms with Crippen molar-refractivity contribution in [3.8, 4) is 0 Å². The van der Waals surface area contributed by atoms with Crippen molar-refractivity contribution in [2.24, 2.45) is 0 Å². The number of hydrogen-bond donors (Lipinski definition) is 0. The summed E-state index contributed by atoms with van der Waals surface area (Å²) in [5, 5.41) is 0. The van der Waals surface area contributed by atoms with E-state index in [1.807, 2.05) is 0 Å². The highest BCUT2D eigenvalue weighted by Gasteiger charge is 1.90. The maximum atomic E-state index is 12.0. The first-order valence-corrected chi connectivity index (χ1v) is 3.21. The molecule has 0 saturated heterocycles. The number of allylic oxidation sites excluding steroid dienone is 4. The Balaban J connectivity index is 4.17. The average Bonchev–Trinajstić information content (AvgIpc) is 1.63. The van der Waals surface area contributed by atoms with Gasteiger partial charge in [0.1, 0.15) is 5.83 Å². The predicted molar refractivity (Wildman–Crippen MR) is 42.1 cm³/mol. The molecule has 0 aliphatic rings. The molecule has 9 heavy (non-hydrogen) atoms. The molecule has 50 valence electrons. The monoisotopic (exact) mass is 190 g/mol. The van der Waals surface area contributed by atoms with E-state index in [4.69, 9.17) is 0 Å². The summed E-state index contributed by atoms with van der Waals surface area (Å²) in [6.45, 7) is 8.37. The summed E-state index contributed by atoms with van der Waals surface area (Å²) in [7, 11) is 0. The van der Waals surface area contributed by atoms with Crippen LogP contribution >= 0.6 is 15.9 Å². The molecule has 0 nitrogen and oxygen atoms in total. The van der Waals surface area contributed by atoms with E-state index in [1.165, 1.54) is 6.08 Å². The number of hydrogen-bond acceptors (Lipinski definition) is 0.